The molecule has 1 N–H and O–H groups in total. The second-order valence-electron chi connectivity index (χ2n) is 4.75. The number of amides is 1. The van der Waals surface area contributed by atoms with E-state index in [0.29, 0.717) is 19.8 Å². The number of rotatable bonds is 8. The summed E-state index contributed by atoms with van der Waals surface area (Å²) in [5, 5.41) is 9.06. The number of likely N-dealkylation sites (tertiary alicyclic amines) is 1. The quantitative estimate of drug-likeness (QED) is 0.680. The van der Waals surface area contributed by atoms with Crippen LogP contribution in [0.3, 0.4) is 0 Å². The molecule has 18 heavy (non-hydrogen) atoms. The molecule has 5 heteroatoms. The Labute approximate surface area is 109 Å². The molecule has 1 fully saturated rings. The van der Waals surface area contributed by atoms with Gasteiger partial charge in [0.1, 0.15) is 0 Å². The van der Waals surface area contributed by atoms with Gasteiger partial charge in [-0.05, 0) is 38.5 Å². The maximum Gasteiger partial charge on any atom is 0.407 e. The lowest BCUT2D eigenvalue weighted by Gasteiger charge is -2.33. The fourth-order valence-corrected chi connectivity index (χ4v) is 2.27. The summed E-state index contributed by atoms with van der Waals surface area (Å²) in [6.45, 7) is 2.71. The molecule has 1 atom stereocenters. The van der Waals surface area contributed by atoms with Crippen LogP contribution in [0, 0.1) is 0 Å². The summed E-state index contributed by atoms with van der Waals surface area (Å²) in [4.78, 5) is 12.6. The minimum absolute atomic E-state index is 0.0511. The summed E-state index contributed by atoms with van der Waals surface area (Å²) in [5.41, 5.74) is 0. The van der Waals surface area contributed by atoms with Crippen LogP contribution in [0.4, 0.5) is 4.79 Å². The minimum Gasteiger partial charge on any atom is -0.465 e. The molecule has 0 bridgehead atoms. The monoisotopic (exact) mass is 259 g/mol. The molecule has 0 spiro atoms. The van der Waals surface area contributed by atoms with Crippen LogP contribution in [-0.4, -0.2) is 55.6 Å². The molecule has 1 saturated heterocycles. The third-order valence-electron chi connectivity index (χ3n) is 3.32. The van der Waals surface area contributed by atoms with Crippen molar-refractivity contribution in [3.8, 4) is 0 Å². The van der Waals surface area contributed by atoms with Gasteiger partial charge in [-0.1, -0.05) is 0 Å². The molecular weight excluding hydrogens is 234 g/mol. The first kappa shape index (κ1) is 15.2. The molecule has 0 aromatic rings. The normalized spacial score (nSPS) is 20.1. The SMILES string of the molecule is COCCCCCOCC1CCCCN1C(=O)O. The molecule has 0 aromatic carbocycles. The molecule has 0 radical (unpaired) electrons. The first-order chi connectivity index (χ1) is 8.75. The highest BCUT2D eigenvalue weighted by molar-refractivity contribution is 5.65. The molecule has 5 nitrogen and oxygen atoms in total. The predicted molar refractivity (Wildman–Crippen MR) is 68.9 cm³/mol. The summed E-state index contributed by atoms with van der Waals surface area (Å²) < 4.78 is 10.6. The molecule has 1 aliphatic heterocycles. The van der Waals surface area contributed by atoms with Crippen LogP contribution in [0.1, 0.15) is 38.5 Å². The number of carboxylic acid groups (broad SMARTS) is 1. The van der Waals surface area contributed by atoms with Crippen molar-refractivity contribution in [3.63, 3.8) is 0 Å². The van der Waals surface area contributed by atoms with E-state index < -0.39 is 6.09 Å². The van der Waals surface area contributed by atoms with E-state index in [-0.39, 0.29) is 6.04 Å². The number of hydrogen-bond donors (Lipinski definition) is 1. The number of nitrogens with zero attached hydrogens (tertiary/aromatic N) is 1. The van der Waals surface area contributed by atoms with Gasteiger partial charge in [0.15, 0.2) is 0 Å². The Kier molecular flexibility index (Phi) is 7.76. The molecule has 106 valence electrons. The average molecular weight is 259 g/mol. The molecule has 0 aliphatic carbocycles. The third-order valence-corrected chi connectivity index (χ3v) is 3.32. The minimum atomic E-state index is -0.816. The van der Waals surface area contributed by atoms with Crippen LogP contribution in [0.25, 0.3) is 0 Å². The molecule has 1 aliphatic rings. The average Bonchev–Trinajstić information content (AvgIpc) is 2.38. The Balaban J connectivity index is 2.07. The van der Waals surface area contributed by atoms with Gasteiger partial charge in [0.05, 0.1) is 12.6 Å². The highest BCUT2D eigenvalue weighted by Crippen LogP contribution is 2.17. The summed E-state index contributed by atoms with van der Waals surface area (Å²) >= 11 is 0. The fourth-order valence-electron chi connectivity index (χ4n) is 2.27. The van der Waals surface area contributed by atoms with E-state index in [1.807, 2.05) is 0 Å². The van der Waals surface area contributed by atoms with E-state index in [4.69, 9.17) is 14.6 Å². The predicted octanol–water partition coefficient (Wildman–Crippen LogP) is 2.35. The lowest BCUT2D eigenvalue weighted by molar-refractivity contribution is 0.0395. The van der Waals surface area contributed by atoms with Gasteiger partial charge in [-0.2, -0.15) is 0 Å². The number of carbonyl (C=O) groups is 1. The fraction of sp³-hybridized carbons (Fsp3) is 0.923. The lowest BCUT2D eigenvalue weighted by atomic mass is 10.0. The maximum atomic E-state index is 11.0. The first-order valence-corrected chi connectivity index (χ1v) is 6.82. The zero-order valence-electron chi connectivity index (χ0n) is 11.3. The summed E-state index contributed by atoms with van der Waals surface area (Å²) in [6, 6.07) is 0.0511. The van der Waals surface area contributed by atoms with Gasteiger partial charge in [-0.25, -0.2) is 4.79 Å². The first-order valence-electron chi connectivity index (χ1n) is 6.82. The van der Waals surface area contributed by atoms with Gasteiger partial charge in [-0.3, -0.25) is 0 Å². The number of piperidine rings is 1. The number of unbranched alkanes of at least 4 members (excludes halogenated alkanes) is 2. The second kappa shape index (κ2) is 9.16. The van der Waals surface area contributed by atoms with E-state index in [1.54, 1.807) is 7.11 Å². The molecule has 1 heterocycles. The third kappa shape index (κ3) is 5.69. The molecule has 1 amide bonds. The van der Waals surface area contributed by atoms with Crippen molar-refractivity contribution >= 4 is 6.09 Å². The van der Waals surface area contributed by atoms with E-state index >= 15 is 0 Å². The van der Waals surface area contributed by atoms with Crippen LogP contribution < -0.4 is 0 Å². The van der Waals surface area contributed by atoms with E-state index in [2.05, 4.69) is 0 Å². The van der Waals surface area contributed by atoms with Crippen molar-refractivity contribution in [3.05, 3.63) is 0 Å². The van der Waals surface area contributed by atoms with Gasteiger partial charge in [0, 0.05) is 26.9 Å². The van der Waals surface area contributed by atoms with Crippen LogP contribution in [0.5, 0.6) is 0 Å². The Bertz CT molecular complexity index is 235. The largest absolute Gasteiger partial charge is 0.465 e. The van der Waals surface area contributed by atoms with Crippen molar-refractivity contribution in [1.29, 1.82) is 0 Å². The topological polar surface area (TPSA) is 59.0 Å². The Morgan fingerprint density at radius 1 is 1.28 bits per heavy atom. The van der Waals surface area contributed by atoms with Crippen molar-refractivity contribution in [2.75, 3.05) is 33.5 Å². The molecule has 0 saturated carbocycles. The van der Waals surface area contributed by atoms with Crippen molar-refractivity contribution < 1.29 is 19.4 Å². The molecule has 1 unspecified atom stereocenters. The molecule has 0 aromatic heterocycles. The van der Waals surface area contributed by atoms with Crippen LogP contribution in [0.15, 0.2) is 0 Å². The van der Waals surface area contributed by atoms with Gasteiger partial charge >= 0.3 is 6.09 Å². The number of hydrogen-bond acceptors (Lipinski definition) is 3. The molecule has 1 rings (SSSR count). The Hall–Kier alpha value is -0.810. The highest BCUT2D eigenvalue weighted by Gasteiger charge is 2.26. The van der Waals surface area contributed by atoms with Crippen molar-refractivity contribution in [1.82, 2.24) is 4.90 Å². The van der Waals surface area contributed by atoms with Gasteiger partial charge < -0.3 is 19.5 Å². The Morgan fingerprint density at radius 2 is 2.06 bits per heavy atom. The smallest absolute Gasteiger partial charge is 0.407 e. The Morgan fingerprint density at radius 3 is 2.78 bits per heavy atom. The summed E-state index contributed by atoms with van der Waals surface area (Å²) in [7, 11) is 1.71. The van der Waals surface area contributed by atoms with Crippen LogP contribution in [-0.2, 0) is 9.47 Å². The number of ether oxygens (including phenoxy) is 2. The van der Waals surface area contributed by atoms with E-state index in [0.717, 1.165) is 45.1 Å². The standard InChI is InChI=1S/C13H25NO4/c1-17-9-5-2-6-10-18-11-12-7-3-4-8-14(12)13(15)16/h12H,2-11H2,1H3,(H,15,16). The summed E-state index contributed by atoms with van der Waals surface area (Å²) in [6.07, 6.45) is 5.36. The van der Waals surface area contributed by atoms with E-state index in [1.165, 1.54) is 4.90 Å². The van der Waals surface area contributed by atoms with E-state index in [9.17, 15) is 4.79 Å². The van der Waals surface area contributed by atoms with Crippen molar-refractivity contribution in [2.24, 2.45) is 0 Å². The zero-order chi connectivity index (χ0) is 13.2. The van der Waals surface area contributed by atoms with Crippen LogP contribution in [0.2, 0.25) is 0 Å². The second-order valence-corrected chi connectivity index (χ2v) is 4.75. The van der Waals surface area contributed by atoms with Crippen LogP contribution >= 0.6 is 0 Å². The van der Waals surface area contributed by atoms with Gasteiger partial charge in [0.2, 0.25) is 0 Å². The highest BCUT2D eigenvalue weighted by atomic mass is 16.5. The maximum absolute atomic E-state index is 11.0. The van der Waals surface area contributed by atoms with Gasteiger partial charge in [0.25, 0.3) is 0 Å². The molecular formula is C13H25NO4. The number of methoxy groups -OCH3 is 1. The van der Waals surface area contributed by atoms with Crippen molar-refractivity contribution in [2.45, 2.75) is 44.6 Å². The lowest BCUT2D eigenvalue weighted by Crippen LogP contribution is -2.45. The zero-order valence-corrected chi connectivity index (χ0v) is 11.3. The van der Waals surface area contributed by atoms with Gasteiger partial charge in [-0.15, -0.1) is 0 Å². The summed E-state index contributed by atoms with van der Waals surface area (Å²) in [5.74, 6) is 0.